The van der Waals surface area contributed by atoms with E-state index in [1.807, 2.05) is 25.4 Å². The molecular formula is C8H13NO. The molecule has 0 aromatic carbocycles. The van der Waals surface area contributed by atoms with Gasteiger partial charge in [-0.05, 0) is 18.7 Å². The van der Waals surface area contributed by atoms with Gasteiger partial charge in [0.15, 0.2) is 0 Å². The molecule has 0 spiro atoms. The maximum absolute atomic E-state index is 5.37. The van der Waals surface area contributed by atoms with Crippen molar-refractivity contribution in [3.05, 3.63) is 24.4 Å². The van der Waals surface area contributed by atoms with Gasteiger partial charge < -0.3 is 10.1 Å². The first-order chi connectivity index (χ1) is 4.93. The predicted molar refractivity (Wildman–Crippen MR) is 41.7 cm³/mol. The van der Waals surface area contributed by atoms with Crippen molar-refractivity contribution in [3.63, 3.8) is 0 Å². The quantitative estimate of drug-likeness (QED) is 0.578. The fourth-order valence-corrected chi connectivity index (χ4v) is 0.883. The van der Waals surface area contributed by atoms with E-state index >= 15 is 0 Å². The topological polar surface area (TPSA) is 21.3 Å². The summed E-state index contributed by atoms with van der Waals surface area (Å²) in [6.45, 7) is 0.749. The molecule has 0 bridgehead atoms. The van der Waals surface area contributed by atoms with E-state index in [1.165, 1.54) is 0 Å². The van der Waals surface area contributed by atoms with E-state index in [0.717, 1.165) is 13.0 Å². The molecule has 0 saturated heterocycles. The van der Waals surface area contributed by atoms with E-state index in [1.54, 1.807) is 0 Å². The first kappa shape index (κ1) is 7.35. The Bertz CT molecular complexity index is 140. The molecule has 1 N–H and O–H groups in total. The molecule has 1 rings (SSSR count). The van der Waals surface area contributed by atoms with Crippen molar-refractivity contribution in [1.29, 1.82) is 0 Å². The van der Waals surface area contributed by atoms with Gasteiger partial charge in [0.05, 0.1) is 12.7 Å². The van der Waals surface area contributed by atoms with Crippen molar-refractivity contribution >= 4 is 0 Å². The highest BCUT2D eigenvalue weighted by Crippen LogP contribution is 2.06. The Morgan fingerprint density at radius 1 is 1.60 bits per heavy atom. The van der Waals surface area contributed by atoms with Crippen LogP contribution in [0.4, 0.5) is 0 Å². The summed E-state index contributed by atoms with van der Waals surface area (Å²) < 4.78 is 5.37. The van der Waals surface area contributed by atoms with Gasteiger partial charge in [0.2, 0.25) is 0 Å². The highest BCUT2D eigenvalue weighted by Gasteiger charge is 2.03. The molecule has 1 atom stereocenters. The first-order valence-electron chi connectivity index (χ1n) is 3.54. The lowest BCUT2D eigenvalue weighted by atomic mass is 10.2. The van der Waals surface area contributed by atoms with Gasteiger partial charge in [0.25, 0.3) is 0 Å². The molecule has 1 heterocycles. The largest absolute Gasteiger partial charge is 0.394 e. The molecule has 0 aromatic heterocycles. The lowest BCUT2D eigenvalue weighted by Crippen LogP contribution is -2.13. The average Bonchev–Trinajstić information content (AvgIpc) is 2.03. The van der Waals surface area contributed by atoms with Crippen LogP contribution >= 0.6 is 0 Å². The molecule has 2 heteroatoms. The second-order valence-electron chi connectivity index (χ2n) is 2.23. The van der Waals surface area contributed by atoms with Gasteiger partial charge in [0.1, 0.15) is 0 Å². The predicted octanol–water partition coefficient (Wildman–Crippen LogP) is 1.06. The highest BCUT2D eigenvalue weighted by molar-refractivity contribution is 4.97. The number of hydrogen-bond donors (Lipinski definition) is 1. The van der Waals surface area contributed by atoms with Crippen molar-refractivity contribution in [1.82, 2.24) is 5.32 Å². The van der Waals surface area contributed by atoms with Crippen LogP contribution in [0.3, 0.4) is 0 Å². The van der Waals surface area contributed by atoms with E-state index in [-0.39, 0.29) is 6.10 Å². The molecule has 0 aliphatic carbocycles. The molecule has 0 radical (unpaired) electrons. The first-order valence-corrected chi connectivity index (χ1v) is 3.54. The molecule has 0 fully saturated rings. The Kier molecular flexibility index (Phi) is 3.03. The molecule has 1 unspecified atom stereocenters. The van der Waals surface area contributed by atoms with Crippen LogP contribution in [0.25, 0.3) is 0 Å². The monoisotopic (exact) mass is 139 g/mol. The summed E-state index contributed by atoms with van der Waals surface area (Å²) in [6.07, 6.45) is 9.40. The van der Waals surface area contributed by atoms with Crippen molar-refractivity contribution in [2.45, 2.75) is 12.5 Å². The van der Waals surface area contributed by atoms with E-state index < -0.39 is 0 Å². The Hall–Kier alpha value is -0.760. The van der Waals surface area contributed by atoms with Crippen molar-refractivity contribution in [3.8, 4) is 0 Å². The maximum atomic E-state index is 5.37. The lowest BCUT2D eigenvalue weighted by molar-refractivity contribution is 0.102. The SMILES string of the molecule is CN/C=C/C1CC=CCO1. The molecule has 1 aliphatic heterocycles. The van der Waals surface area contributed by atoms with E-state index in [4.69, 9.17) is 4.74 Å². The summed E-state index contributed by atoms with van der Waals surface area (Å²) in [6, 6.07) is 0. The molecule has 0 aromatic rings. The summed E-state index contributed by atoms with van der Waals surface area (Å²) in [4.78, 5) is 0. The van der Waals surface area contributed by atoms with Gasteiger partial charge in [0, 0.05) is 7.05 Å². The Morgan fingerprint density at radius 2 is 2.50 bits per heavy atom. The Morgan fingerprint density at radius 3 is 3.10 bits per heavy atom. The zero-order valence-corrected chi connectivity index (χ0v) is 6.21. The number of nitrogens with one attached hydrogen (secondary N) is 1. The van der Waals surface area contributed by atoms with Gasteiger partial charge in [-0.1, -0.05) is 12.2 Å². The van der Waals surface area contributed by atoms with Crippen LogP contribution in [-0.4, -0.2) is 19.8 Å². The summed E-state index contributed by atoms with van der Waals surface area (Å²) in [5, 5.41) is 2.93. The Labute approximate surface area is 61.6 Å². The third-order valence-electron chi connectivity index (χ3n) is 1.42. The van der Waals surface area contributed by atoms with Crippen molar-refractivity contribution in [2.24, 2.45) is 0 Å². The molecule has 2 nitrogen and oxygen atoms in total. The van der Waals surface area contributed by atoms with Gasteiger partial charge in [-0.2, -0.15) is 0 Å². The molecular weight excluding hydrogens is 126 g/mol. The summed E-state index contributed by atoms with van der Waals surface area (Å²) in [7, 11) is 1.88. The number of hydrogen-bond acceptors (Lipinski definition) is 2. The number of ether oxygens (including phenoxy) is 1. The second-order valence-corrected chi connectivity index (χ2v) is 2.23. The second kappa shape index (κ2) is 4.12. The van der Waals surface area contributed by atoms with E-state index in [0.29, 0.717) is 0 Å². The fourth-order valence-electron chi connectivity index (χ4n) is 0.883. The molecule has 10 heavy (non-hydrogen) atoms. The van der Waals surface area contributed by atoms with Crippen molar-refractivity contribution in [2.75, 3.05) is 13.7 Å². The fraction of sp³-hybridized carbons (Fsp3) is 0.500. The summed E-state index contributed by atoms with van der Waals surface area (Å²) in [5.74, 6) is 0. The average molecular weight is 139 g/mol. The Balaban J connectivity index is 2.28. The molecule has 56 valence electrons. The minimum atomic E-state index is 0.275. The van der Waals surface area contributed by atoms with Gasteiger partial charge in [-0.15, -0.1) is 0 Å². The summed E-state index contributed by atoms with van der Waals surface area (Å²) >= 11 is 0. The maximum Gasteiger partial charge on any atom is 0.0811 e. The third-order valence-corrected chi connectivity index (χ3v) is 1.42. The smallest absolute Gasteiger partial charge is 0.0811 e. The van der Waals surface area contributed by atoms with E-state index in [9.17, 15) is 0 Å². The van der Waals surface area contributed by atoms with Gasteiger partial charge in [-0.25, -0.2) is 0 Å². The van der Waals surface area contributed by atoms with Crippen LogP contribution in [0.15, 0.2) is 24.4 Å². The number of rotatable bonds is 2. The van der Waals surface area contributed by atoms with Crippen molar-refractivity contribution < 1.29 is 4.74 Å². The van der Waals surface area contributed by atoms with Gasteiger partial charge >= 0.3 is 0 Å². The summed E-state index contributed by atoms with van der Waals surface area (Å²) in [5.41, 5.74) is 0. The van der Waals surface area contributed by atoms with Gasteiger partial charge in [-0.3, -0.25) is 0 Å². The highest BCUT2D eigenvalue weighted by atomic mass is 16.5. The standard InChI is InChI=1S/C8H13NO/c1-9-6-5-8-4-2-3-7-10-8/h2-3,5-6,8-9H,4,7H2,1H3/b6-5+. The minimum Gasteiger partial charge on any atom is -0.394 e. The van der Waals surface area contributed by atoms with Crippen LogP contribution in [0.5, 0.6) is 0 Å². The van der Waals surface area contributed by atoms with Crippen LogP contribution < -0.4 is 5.32 Å². The minimum absolute atomic E-state index is 0.275. The lowest BCUT2D eigenvalue weighted by Gasteiger charge is -2.14. The molecule has 1 aliphatic rings. The zero-order chi connectivity index (χ0) is 7.23. The van der Waals surface area contributed by atoms with Crippen LogP contribution in [0.1, 0.15) is 6.42 Å². The van der Waals surface area contributed by atoms with Crippen LogP contribution in [0, 0.1) is 0 Å². The van der Waals surface area contributed by atoms with E-state index in [2.05, 4.69) is 11.4 Å². The molecule has 0 amide bonds. The normalized spacial score (nSPS) is 25.5. The van der Waals surface area contributed by atoms with Crippen LogP contribution in [-0.2, 0) is 4.74 Å². The van der Waals surface area contributed by atoms with Crippen LogP contribution in [0.2, 0.25) is 0 Å². The molecule has 0 saturated carbocycles. The zero-order valence-electron chi connectivity index (χ0n) is 6.21. The third kappa shape index (κ3) is 2.23.